The first-order valence-electron chi connectivity index (χ1n) is 37.6. The summed E-state index contributed by atoms with van der Waals surface area (Å²) in [6, 6.07) is 1.04. The van der Waals surface area contributed by atoms with Crippen LogP contribution in [0.4, 0.5) is 0 Å². The number of nitrogens with one attached hydrogen (secondary N) is 14. The van der Waals surface area contributed by atoms with Crippen LogP contribution in [-0.2, 0) is 102 Å². The van der Waals surface area contributed by atoms with E-state index < -0.39 is 229 Å². The number of fused-ring (bicyclic) bond motifs is 8. The number of hydrogen-bond donors (Lipinski definition) is 19. The van der Waals surface area contributed by atoms with E-state index in [1.54, 1.807) is 60.7 Å². The number of aromatic amines is 1. The Hall–Kier alpha value is -11.9. The Kier molecular flexibility index (Phi) is 32.0. The molecule has 6 heterocycles. The van der Waals surface area contributed by atoms with E-state index in [4.69, 9.17) is 16.9 Å². The van der Waals surface area contributed by atoms with Crippen molar-refractivity contribution < 1.29 is 92.0 Å². The minimum Gasteiger partial charge on any atom is -0.508 e. The Morgan fingerprint density at radius 1 is 0.496 bits per heavy atom. The first-order chi connectivity index (χ1) is 55.1. The number of carbonyl (C=O) groups is 16. The van der Waals surface area contributed by atoms with Gasteiger partial charge >= 0.3 is 5.97 Å². The van der Waals surface area contributed by atoms with Crippen LogP contribution in [-0.4, -0.2) is 270 Å². The summed E-state index contributed by atoms with van der Waals surface area (Å²) in [5, 5.41) is 69.9. The maximum atomic E-state index is 15.4. The molecule has 15 amide bonds. The Labute approximate surface area is 667 Å². The molecular weight excluding hydrogens is 1540 g/mol. The molecule has 5 saturated heterocycles. The van der Waals surface area contributed by atoms with Crippen molar-refractivity contribution in [2.45, 2.75) is 175 Å². The third-order valence-electron chi connectivity index (χ3n) is 19.9. The number of nitrogens with zero attached hydrogens (tertiary/aromatic N) is 4. The number of aliphatic hydroxyl groups excluding tert-OH is 1. The lowest BCUT2D eigenvalue weighted by molar-refractivity contribution is -0.148. The number of primary amides is 1. The highest BCUT2D eigenvalue weighted by Gasteiger charge is 2.46. The highest BCUT2D eigenvalue weighted by Crippen LogP contribution is 2.29. The molecule has 41 heteroatoms. The first-order valence-corrected chi connectivity index (χ1v) is 40.1. The third kappa shape index (κ3) is 25.3. The molecule has 2 bridgehead atoms. The number of guanidine groups is 1. The van der Waals surface area contributed by atoms with E-state index in [0.717, 1.165) is 21.6 Å². The normalized spacial score (nSPS) is 26.1. The van der Waals surface area contributed by atoms with Crippen LogP contribution < -0.4 is 75.3 Å². The standard InChI is InChI=1S/C74H96N20O19S2/c75-58(97)33-49-61(101)80-35-59(98)82-47(29-40-11-3-1-4-12-40)64(104)91-53-37-114-115-38-54(68(108)88-50(30-41-13-5-2-6-14-41)71(111)92-26-8-16-55(92)70(110)86-49)90-63(103)46(23-24-60(99)100)84-69(109)56-17-9-27-93(56)73(113)57-18-10-28-94(57)72(112)51(31-42-19-21-44(96)22-20-42)87-66(106)52(36-95)89-62(102)45(15-7-25-79-74(76)77)83-65(105)48(85-67(53)107)32-43-34-78-39-81-43/h1-6,11-14,19-22,34,39,45-57,95-96H,7-10,15-18,23-33,35-38H2,(H2,75,97)(H,78,81)(H,80,101)(H,82,98)(H,83,105)(H,84,109)(H,85,107)(H,86,110)(H,87,106)(H,88,108)(H,89,102)(H,90,103)(H,91,104)(H,99,100)(H4,76,77,79)/t45-,46-,47-,48-,49-,50-,51-,52-,53-,54-,55-,56-,57-/m0/s1. The van der Waals surface area contributed by atoms with Crippen LogP contribution in [0, 0.1) is 5.41 Å². The van der Waals surface area contributed by atoms with Crippen molar-refractivity contribution in [1.82, 2.24) is 88.5 Å². The molecule has 618 valence electrons. The molecule has 1 aromatic heterocycles. The van der Waals surface area contributed by atoms with E-state index in [0.29, 0.717) is 16.7 Å². The maximum Gasteiger partial charge on any atom is 0.303 e. The highest BCUT2D eigenvalue weighted by atomic mass is 33.1. The van der Waals surface area contributed by atoms with Crippen molar-refractivity contribution in [1.29, 1.82) is 5.41 Å². The van der Waals surface area contributed by atoms with Gasteiger partial charge in [-0.1, -0.05) is 94.4 Å². The minimum absolute atomic E-state index is 0.00437. The van der Waals surface area contributed by atoms with Gasteiger partial charge in [0, 0.05) is 81.7 Å². The van der Waals surface area contributed by atoms with E-state index in [1.807, 2.05) is 0 Å². The fourth-order valence-corrected chi connectivity index (χ4v) is 16.3. The number of carboxylic acid groups (broad SMARTS) is 1. The van der Waals surface area contributed by atoms with Crippen LogP contribution >= 0.6 is 21.6 Å². The molecule has 5 fully saturated rings. The summed E-state index contributed by atoms with van der Waals surface area (Å²) in [7, 11) is 1.62. The zero-order valence-corrected chi connectivity index (χ0v) is 64.3. The molecule has 3 aromatic carbocycles. The van der Waals surface area contributed by atoms with Crippen molar-refractivity contribution in [3.8, 4) is 5.75 Å². The fraction of sp³-hybridized carbons (Fsp3) is 0.486. The third-order valence-corrected chi connectivity index (χ3v) is 22.3. The summed E-state index contributed by atoms with van der Waals surface area (Å²) in [5.41, 5.74) is 12.7. The van der Waals surface area contributed by atoms with Crippen LogP contribution in [0.1, 0.15) is 93.0 Å². The van der Waals surface area contributed by atoms with Gasteiger partial charge in [-0.15, -0.1) is 0 Å². The second-order valence-electron chi connectivity index (χ2n) is 28.3. The number of H-pyrrole nitrogens is 1. The van der Waals surface area contributed by atoms with Crippen molar-refractivity contribution in [2.24, 2.45) is 11.5 Å². The van der Waals surface area contributed by atoms with E-state index in [-0.39, 0.29) is 108 Å². The summed E-state index contributed by atoms with van der Waals surface area (Å²) in [4.78, 5) is 244. The molecule has 21 N–H and O–H groups in total. The van der Waals surface area contributed by atoms with Crippen molar-refractivity contribution in [2.75, 3.05) is 50.8 Å². The van der Waals surface area contributed by atoms with Gasteiger partial charge < -0.3 is 110 Å². The molecule has 115 heavy (non-hydrogen) atoms. The number of phenols is 1. The number of carboxylic acids is 1. The Morgan fingerprint density at radius 2 is 0.939 bits per heavy atom. The average molecular weight is 1630 g/mol. The number of benzene rings is 3. The summed E-state index contributed by atoms with van der Waals surface area (Å²) in [6.45, 7) is -2.20. The molecule has 0 saturated carbocycles. The number of amides is 15. The van der Waals surface area contributed by atoms with Gasteiger partial charge in [-0.2, -0.15) is 0 Å². The number of hydrogen-bond acceptors (Lipinski definition) is 22. The maximum absolute atomic E-state index is 15.4. The lowest BCUT2D eigenvalue weighted by Crippen LogP contribution is -2.61. The lowest BCUT2D eigenvalue weighted by Gasteiger charge is -2.34. The van der Waals surface area contributed by atoms with Crippen LogP contribution in [0.2, 0.25) is 0 Å². The summed E-state index contributed by atoms with van der Waals surface area (Å²) in [5.74, 6) is -18.1. The summed E-state index contributed by atoms with van der Waals surface area (Å²) >= 11 is 0. The zero-order valence-electron chi connectivity index (χ0n) is 62.6. The Morgan fingerprint density at radius 3 is 1.48 bits per heavy atom. The molecule has 13 atom stereocenters. The van der Waals surface area contributed by atoms with Crippen LogP contribution in [0.5, 0.6) is 5.75 Å². The number of aliphatic hydroxyl groups is 1. The van der Waals surface area contributed by atoms with Gasteiger partial charge in [0.1, 0.15) is 84.3 Å². The SMILES string of the molecule is N=C(N)NCCC[C@@H]1NC(=O)[C@H](Cc2cnc[nH]2)NC(=O)[C@@H]2CSSC[C@H](NC(=O)[C@H](CCC(=O)O)NC(=O)[C@@H]3CCCN3C(=O)[C@@H]3CCCN3C(=O)[C@H](Cc3ccc(O)cc3)NC(=O)[C@H](CO)NC1=O)C(=O)N[C@@H](Cc1ccccc1)C(=O)N1CCC[C@H]1C(=O)N[C@@H](CC(N)=O)C(=O)NCC(=O)N[C@@H](Cc1ccccc1)C(=O)N2. The van der Waals surface area contributed by atoms with Gasteiger partial charge in [-0.25, -0.2) is 4.98 Å². The van der Waals surface area contributed by atoms with Crippen LogP contribution in [0.15, 0.2) is 97.5 Å². The van der Waals surface area contributed by atoms with E-state index in [1.165, 1.54) is 51.5 Å². The highest BCUT2D eigenvalue weighted by molar-refractivity contribution is 8.76. The van der Waals surface area contributed by atoms with Crippen molar-refractivity contribution >= 4 is 122 Å². The molecule has 0 aliphatic carbocycles. The monoisotopic (exact) mass is 1630 g/mol. The van der Waals surface area contributed by atoms with Gasteiger partial charge in [0.2, 0.25) is 88.6 Å². The minimum atomic E-state index is -1.87. The molecule has 0 radical (unpaired) electrons. The molecule has 0 spiro atoms. The van der Waals surface area contributed by atoms with Gasteiger partial charge in [0.05, 0.1) is 25.9 Å². The summed E-state index contributed by atoms with van der Waals surface area (Å²) in [6.07, 6.45) is -0.354. The number of phenolic OH excluding ortho intramolecular Hbond substituents is 1. The topological polar surface area (TPSA) is 592 Å². The molecule has 5 aliphatic heterocycles. The molecule has 4 aromatic rings. The number of carbonyl (C=O) groups excluding carboxylic acids is 15. The van der Waals surface area contributed by atoms with Gasteiger partial charge in [0.15, 0.2) is 5.96 Å². The van der Waals surface area contributed by atoms with Crippen molar-refractivity contribution in [3.63, 3.8) is 0 Å². The average Bonchev–Trinajstić information content (AvgIpc) is 1.65. The molecule has 39 nitrogen and oxygen atoms in total. The molecule has 0 unspecified atom stereocenters. The number of nitrogens with two attached hydrogens (primary N) is 2. The van der Waals surface area contributed by atoms with Gasteiger partial charge in [0.25, 0.3) is 0 Å². The van der Waals surface area contributed by atoms with Gasteiger partial charge in [-0.05, 0) is 86.6 Å². The number of aromatic hydroxyl groups is 1. The molecule has 5 aliphatic rings. The molecule has 9 rings (SSSR count). The van der Waals surface area contributed by atoms with Crippen LogP contribution in [0.3, 0.4) is 0 Å². The zero-order chi connectivity index (χ0) is 82.8. The predicted octanol–water partition coefficient (Wildman–Crippen LogP) is -5.27. The Bertz CT molecular complexity index is 4190. The van der Waals surface area contributed by atoms with E-state index >= 15 is 38.4 Å². The first kappa shape index (κ1) is 87.1. The fourth-order valence-electron chi connectivity index (χ4n) is 14.0. The lowest BCUT2D eigenvalue weighted by atomic mass is 10.0. The second kappa shape index (κ2) is 42.3. The largest absolute Gasteiger partial charge is 0.508 e. The second-order valence-corrected chi connectivity index (χ2v) is 30.9. The molecular formula is C74H96N20O19S2. The summed E-state index contributed by atoms with van der Waals surface area (Å²) < 4.78 is 0. The predicted molar refractivity (Wildman–Crippen MR) is 413 cm³/mol. The smallest absolute Gasteiger partial charge is 0.303 e. The number of rotatable bonds is 18. The number of aliphatic carboxylic acids is 1. The van der Waals surface area contributed by atoms with Gasteiger partial charge in [-0.3, -0.25) is 82.1 Å². The Balaban J connectivity index is 1.15. The quantitative estimate of drug-likeness (QED) is 0.0191. The van der Waals surface area contributed by atoms with E-state index in [2.05, 4.69) is 73.8 Å². The van der Waals surface area contributed by atoms with E-state index in [9.17, 15) is 53.7 Å². The van der Waals surface area contributed by atoms with Crippen LogP contribution in [0.25, 0.3) is 0 Å². The number of imidazole rings is 1. The number of aromatic nitrogens is 2. The van der Waals surface area contributed by atoms with Crippen molar-refractivity contribution in [3.05, 3.63) is 120 Å².